The van der Waals surface area contributed by atoms with Gasteiger partial charge in [0.25, 0.3) is 0 Å². The summed E-state index contributed by atoms with van der Waals surface area (Å²) in [4.78, 5) is 0. The Morgan fingerprint density at radius 1 is 1.19 bits per heavy atom. The Bertz CT molecular complexity index is 560. The molecule has 4 heteroatoms. The lowest BCUT2D eigenvalue weighted by molar-refractivity contribution is 0.413. The average molecular weight is 349 g/mol. The molecule has 3 N–H and O–H groups in total. The van der Waals surface area contributed by atoms with Crippen LogP contribution in [-0.2, 0) is 12.8 Å². The largest absolute Gasteiger partial charge is 0.497 e. The van der Waals surface area contributed by atoms with Gasteiger partial charge < -0.3 is 4.74 Å². The minimum Gasteiger partial charge on any atom is -0.497 e. The molecule has 112 valence electrons. The minimum absolute atomic E-state index is 0.230. The predicted octanol–water partition coefficient (Wildman–Crippen LogP) is 3.46. The Kier molecular flexibility index (Phi) is 6.23. The van der Waals surface area contributed by atoms with E-state index in [1.807, 2.05) is 18.2 Å². The molecule has 2 aromatic carbocycles. The molecule has 0 aliphatic carbocycles. The third-order valence-corrected chi connectivity index (χ3v) is 4.35. The van der Waals surface area contributed by atoms with E-state index in [-0.39, 0.29) is 6.04 Å². The maximum absolute atomic E-state index is 5.71. The molecule has 0 fully saturated rings. The van der Waals surface area contributed by atoms with E-state index < -0.39 is 0 Å². The van der Waals surface area contributed by atoms with Gasteiger partial charge in [-0.25, -0.2) is 0 Å². The van der Waals surface area contributed by atoms with E-state index in [2.05, 4.69) is 51.7 Å². The third kappa shape index (κ3) is 4.84. The second-order valence-electron chi connectivity index (χ2n) is 5.05. The minimum atomic E-state index is 0.230. The van der Waals surface area contributed by atoms with Crippen molar-refractivity contribution < 1.29 is 4.74 Å². The first kappa shape index (κ1) is 16.0. The molecule has 0 spiro atoms. The highest BCUT2D eigenvalue weighted by molar-refractivity contribution is 9.10. The number of hydrazine groups is 1. The van der Waals surface area contributed by atoms with Crippen molar-refractivity contribution in [2.45, 2.75) is 25.3 Å². The van der Waals surface area contributed by atoms with E-state index in [0.717, 1.165) is 29.5 Å². The molecule has 0 aliphatic rings. The molecule has 1 unspecified atom stereocenters. The highest BCUT2D eigenvalue weighted by atomic mass is 79.9. The summed E-state index contributed by atoms with van der Waals surface area (Å²) < 4.78 is 6.37. The molecule has 21 heavy (non-hydrogen) atoms. The zero-order valence-electron chi connectivity index (χ0n) is 12.2. The lowest BCUT2D eigenvalue weighted by Crippen LogP contribution is -2.37. The van der Waals surface area contributed by atoms with Crippen LogP contribution in [0.4, 0.5) is 0 Å². The Labute approximate surface area is 134 Å². The van der Waals surface area contributed by atoms with Crippen LogP contribution in [0.3, 0.4) is 0 Å². The van der Waals surface area contributed by atoms with Gasteiger partial charge in [-0.2, -0.15) is 0 Å². The molecule has 1 atom stereocenters. The van der Waals surface area contributed by atoms with Crippen LogP contribution in [0.15, 0.2) is 53.0 Å². The highest BCUT2D eigenvalue weighted by Gasteiger charge is 2.11. The fourth-order valence-electron chi connectivity index (χ4n) is 2.33. The summed E-state index contributed by atoms with van der Waals surface area (Å²) in [6.07, 6.45) is 2.86. The number of nitrogens with two attached hydrogens (primary N) is 1. The average Bonchev–Trinajstić information content (AvgIpc) is 2.54. The number of hydrogen-bond donors (Lipinski definition) is 2. The molecule has 0 aliphatic heterocycles. The molecule has 2 rings (SSSR count). The summed E-state index contributed by atoms with van der Waals surface area (Å²) in [7, 11) is 1.68. The lowest BCUT2D eigenvalue weighted by atomic mass is 9.99. The molecular weight excluding hydrogens is 328 g/mol. The first-order chi connectivity index (χ1) is 10.2. The number of hydrogen-bond acceptors (Lipinski definition) is 3. The summed E-state index contributed by atoms with van der Waals surface area (Å²) in [6, 6.07) is 16.7. The van der Waals surface area contributed by atoms with Gasteiger partial charge in [0.1, 0.15) is 5.75 Å². The zero-order chi connectivity index (χ0) is 15.1. The SMILES string of the molecule is COc1ccc(Br)c(CC(CCc2ccccc2)NN)c1. The van der Waals surface area contributed by atoms with Crippen molar-refractivity contribution in [3.63, 3.8) is 0 Å². The van der Waals surface area contributed by atoms with E-state index in [0.29, 0.717) is 0 Å². The number of methoxy groups -OCH3 is 1. The quantitative estimate of drug-likeness (QED) is 0.594. The van der Waals surface area contributed by atoms with Gasteiger partial charge in [0.2, 0.25) is 0 Å². The molecule has 0 saturated carbocycles. The van der Waals surface area contributed by atoms with Crippen molar-refractivity contribution in [2.24, 2.45) is 5.84 Å². The van der Waals surface area contributed by atoms with Crippen molar-refractivity contribution in [3.8, 4) is 5.75 Å². The second kappa shape index (κ2) is 8.17. The van der Waals surface area contributed by atoms with Crippen molar-refractivity contribution in [1.82, 2.24) is 5.43 Å². The van der Waals surface area contributed by atoms with Crippen LogP contribution in [0.25, 0.3) is 0 Å². The molecular formula is C17H21BrN2O. The van der Waals surface area contributed by atoms with E-state index in [1.54, 1.807) is 7.11 Å². The Morgan fingerprint density at radius 2 is 1.95 bits per heavy atom. The van der Waals surface area contributed by atoms with Crippen LogP contribution in [0, 0.1) is 0 Å². The first-order valence-corrected chi connectivity index (χ1v) is 7.84. The Hall–Kier alpha value is -1.36. The van der Waals surface area contributed by atoms with Crippen molar-refractivity contribution in [2.75, 3.05) is 7.11 Å². The summed E-state index contributed by atoms with van der Waals surface area (Å²) in [6.45, 7) is 0. The van der Waals surface area contributed by atoms with Crippen LogP contribution in [0.5, 0.6) is 5.75 Å². The van der Waals surface area contributed by atoms with Crippen molar-refractivity contribution >= 4 is 15.9 Å². The first-order valence-electron chi connectivity index (χ1n) is 7.05. The van der Waals surface area contributed by atoms with E-state index >= 15 is 0 Å². The van der Waals surface area contributed by atoms with Crippen LogP contribution < -0.4 is 16.0 Å². The number of ether oxygens (including phenoxy) is 1. The Morgan fingerprint density at radius 3 is 2.62 bits per heavy atom. The third-order valence-electron chi connectivity index (χ3n) is 3.58. The molecule has 0 bridgehead atoms. The number of rotatable bonds is 7. The monoisotopic (exact) mass is 348 g/mol. The van der Waals surface area contributed by atoms with Gasteiger partial charge in [-0.1, -0.05) is 46.3 Å². The van der Waals surface area contributed by atoms with Gasteiger partial charge in [0.15, 0.2) is 0 Å². The predicted molar refractivity (Wildman–Crippen MR) is 90.3 cm³/mol. The molecule has 0 radical (unpaired) electrons. The maximum atomic E-state index is 5.71. The van der Waals surface area contributed by atoms with Crippen LogP contribution in [0.1, 0.15) is 17.5 Å². The molecule has 0 heterocycles. The summed E-state index contributed by atoms with van der Waals surface area (Å²) >= 11 is 3.59. The van der Waals surface area contributed by atoms with Gasteiger partial charge in [-0.3, -0.25) is 11.3 Å². The molecule has 3 nitrogen and oxygen atoms in total. The summed E-state index contributed by atoms with van der Waals surface area (Å²) in [5, 5.41) is 0. The fraction of sp³-hybridized carbons (Fsp3) is 0.294. The van der Waals surface area contributed by atoms with E-state index in [1.165, 1.54) is 11.1 Å². The van der Waals surface area contributed by atoms with E-state index in [4.69, 9.17) is 10.6 Å². The van der Waals surface area contributed by atoms with Gasteiger partial charge in [-0.15, -0.1) is 0 Å². The lowest BCUT2D eigenvalue weighted by Gasteiger charge is -2.17. The van der Waals surface area contributed by atoms with Crippen LogP contribution >= 0.6 is 15.9 Å². The van der Waals surface area contributed by atoms with Crippen LogP contribution in [-0.4, -0.2) is 13.2 Å². The Balaban J connectivity index is 1.99. The van der Waals surface area contributed by atoms with Gasteiger partial charge in [-0.05, 0) is 48.6 Å². The topological polar surface area (TPSA) is 47.3 Å². The van der Waals surface area contributed by atoms with Crippen LogP contribution in [0.2, 0.25) is 0 Å². The number of halogens is 1. The summed E-state index contributed by atoms with van der Waals surface area (Å²) in [5.41, 5.74) is 5.46. The van der Waals surface area contributed by atoms with E-state index in [9.17, 15) is 0 Å². The number of benzene rings is 2. The zero-order valence-corrected chi connectivity index (χ0v) is 13.8. The van der Waals surface area contributed by atoms with Gasteiger partial charge in [0, 0.05) is 10.5 Å². The second-order valence-corrected chi connectivity index (χ2v) is 5.90. The molecule has 0 aromatic heterocycles. The number of nitrogens with one attached hydrogen (secondary N) is 1. The van der Waals surface area contributed by atoms with Crippen molar-refractivity contribution in [1.29, 1.82) is 0 Å². The summed E-state index contributed by atoms with van der Waals surface area (Å²) in [5.74, 6) is 6.58. The highest BCUT2D eigenvalue weighted by Crippen LogP contribution is 2.24. The smallest absolute Gasteiger partial charge is 0.119 e. The molecule has 0 saturated heterocycles. The maximum Gasteiger partial charge on any atom is 0.119 e. The standard InChI is InChI=1S/C17H21BrN2O/c1-21-16-9-10-17(18)14(12-16)11-15(20-19)8-7-13-5-3-2-4-6-13/h2-6,9-10,12,15,20H,7-8,11,19H2,1H3. The van der Waals surface area contributed by atoms with Crippen molar-refractivity contribution in [3.05, 3.63) is 64.1 Å². The molecule has 0 amide bonds. The fourth-order valence-corrected chi connectivity index (χ4v) is 2.74. The van der Waals surface area contributed by atoms with Gasteiger partial charge >= 0.3 is 0 Å². The van der Waals surface area contributed by atoms with Gasteiger partial charge in [0.05, 0.1) is 7.11 Å². The molecule has 2 aromatic rings. The normalized spacial score (nSPS) is 12.1. The number of aryl methyl sites for hydroxylation is 1.